The molecule has 2 atom stereocenters. The molecule has 6 heteroatoms. The van der Waals surface area contributed by atoms with Crippen LogP contribution in [0.2, 0.25) is 0 Å². The maximum atomic E-state index is 15.4. The molecule has 0 bridgehead atoms. The Balaban J connectivity index is 0.910. The van der Waals surface area contributed by atoms with Crippen LogP contribution in [0.15, 0.2) is 320 Å². The van der Waals surface area contributed by atoms with Gasteiger partial charge in [0.2, 0.25) is 0 Å². The van der Waals surface area contributed by atoms with E-state index in [1.165, 1.54) is 5.57 Å². The zero-order chi connectivity index (χ0) is 60.5. The topological polar surface area (TPSA) is 34.8 Å². The van der Waals surface area contributed by atoms with E-state index in [9.17, 15) is 0 Å². The molecule has 13 aromatic rings. The van der Waals surface area contributed by atoms with Crippen molar-refractivity contribution in [2.45, 2.75) is 23.7 Å². The van der Waals surface area contributed by atoms with E-state index in [1.54, 1.807) is 24.3 Å². The number of hydrogen-bond donors (Lipinski definition) is 0. The summed E-state index contributed by atoms with van der Waals surface area (Å²) in [7, 11) is 0. The van der Waals surface area contributed by atoms with E-state index in [0.717, 1.165) is 147 Å². The van der Waals surface area contributed by atoms with Crippen molar-refractivity contribution in [2.75, 3.05) is 4.90 Å². The molecule has 430 valence electrons. The molecular weight excluding hydrogens is 1110 g/mol. The molecule has 1 heterocycles. The summed E-state index contributed by atoms with van der Waals surface area (Å²) in [5, 5.41) is 2.10. The fourth-order valence-corrected chi connectivity index (χ4v) is 14.4. The van der Waals surface area contributed by atoms with Crippen molar-refractivity contribution in [3.63, 3.8) is 0 Å². The number of para-hydroxylation sites is 1. The minimum absolute atomic E-state index is 0.312. The molecule has 4 nitrogen and oxygen atoms in total. The molecule has 3 aliphatic carbocycles. The Bertz CT molecular complexity index is 5060. The first-order valence-electron chi connectivity index (χ1n) is 30.4. The second-order valence-corrected chi connectivity index (χ2v) is 23.4. The van der Waals surface area contributed by atoms with Gasteiger partial charge in [-0.15, -0.1) is 0 Å². The Morgan fingerprint density at radius 2 is 0.867 bits per heavy atom. The second kappa shape index (κ2) is 21.8. The van der Waals surface area contributed by atoms with Gasteiger partial charge in [0.1, 0.15) is 45.8 Å². The predicted octanol–water partition coefficient (Wildman–Crippen LogP) is 22.3. The number of hydrogen-bond acceptors (Lipinski definition) is 4. The van der Waals surface area contributed by atoms with Gasteiger partial charge in [0.05, 0.1) is 10.8 Å². The van der Waals surface area contributed by atoms with Crippen molar-refractivity contribution in [1.82, 2.24) is 0 Å². The Morgan fingerprint density at radius 1 is 0.378 bits per heavy atom. The highest BCUT2D eigenvalue weighted by atomic mass is 19.1. The van der Waals surface area contributed by atoms with E-state index in [-0.39, 0.29) is 11.6 Å². The summed E-state index contributed by atoms with van der Waals surface area (Å²) in [6.45, 7) is 7.88. The molecule has 90 heavy (non-hydrogen) atoms. The van der Waals surface area contributed by atoms with Gasteiger partial charge in [-0.25, -0.2) is 8.78 Å². The molecular formula is C84H57F2NO3. The van der Waals surface area contributed by atoms with E-state index in [2.05, 4.69) is 194 Å². The quantitative estimate of drug-likeness (QED) is 0.109. The first-order valence-corrected chi connectivity index (χ1v) is 30.4. The standard InChI is InChI=1S/C84H57F2NO3/c1-3-54-20-39-67(40-21-54)88-69-43-29-60(30-44-69)83(58-25-33-62(85)34-26-58)77-17-8-5-14-71(77)73-47-37-65(52-79(73)83)87(64-13-11-12-56(50-64)57-24-49-82-76(51-57)75-16-7-10-19-81(75)90-82)66-38-48-74-72-15-6-9-18-78(72)84(80(74)53-66,59-27-35-63(86)36-28-59)61-31-45-70(46-32-61)89-68-41-22-55(4-2)23-42-68/h3-22,24-41,43-53H,1-2,23,42H2. The van der Waals surface area contributed by atoms with Crippen LogP contribution in [0.3, 0.4) is 0 Å². The number of nitrogens with zero attached hydrogens (tertiary/aromatic N) is 1. The van der Waals surface area contributed by atoms with E-state index in [4.69, 9.17) is 13.9 Å². The van der Waals surface area contributed by atoms with Crippen LogP contribution in [-0.4, -0.2) is 0 Å². The number of halogens is 2. The number of anilines is 3. The molecule has 1 aromatic heterocycles. The Kier molecular flexibility index (Phi) is 13.1. The van der Waals surface area contributed by atoms with Gasteiger partial charge in [0.25, 0.3) is 0 Å². The molecule has 12 aromatic carbocycles. The third-order valence-electron chi connectivity index (χ3n) is 18.5. The summed E-state index contributed by atoms with van der Waals surface area (Å²) in [5.74, 6) is 2.39. The Hall–Kier alpha value is -11.3. The number of rotatable bonds is 14. The van der Waals surface area contributed by atoms with Crippen LogP contribution in [0, 0.1) is 11.6 Å². The predicted molar refractivity (Wildman–Crippen MR) is 361 cm³/mol. The van der Waals surface area contributed by atoms with Crippen LogP contribution >= 0.6 is 0 Å². The number of benzene rings is 12. The van der Waals surface area contributed by atoms with E-state index >= 15 is 8.78 Å². The molecule has 0 spiro atoms. The van der Waals surface area contributed by atoms with Gasteiger partial charge in [-0.1, -0.05) is 189 Å². The van der Waals surface area contributed by atoms with Crippen LogP contribution in [0.25, 0.3) is 61.4 Å². The highest BCUT2D eigenvalue weighted by Crippen LogP contribution is 2.60. The molecule has 0 radical (unpaired) electrons. The first kappa shape index (κ1) is 54.1. The number of allylic oxidation sites excluding steroid dienone is 5. The van der Waals surface area contributed by atoms with Gasteiger partial charge in [0, 0.05) is 34.3 Å². The molecule has 16 rings (SSSR count). The van der Waals surface area contributed by atoms with Gasteiger partial charge in [0.15, 0.2) is 0 Å². The van der Waals surface area contributed by atoms with Crippen molar-refractivity contribution in [2.24, 2.45) is 0 Å². The van der Waals surface area contributed by atoms with Crippen molar-refractivity contribution in [1.29, 1.82) is 0 Å². The molecule has 0 aliphatic heterocycles. The number of furan rings is 1. The molecule has 2 unspecified atom stereocenters. The maximum Gasteiger partial charge on any atom is 0.135 e. The molecule has 0 saturated heterocycles. The van der Waals surface area contributed by atoms with E-state index < -0.39 is 10.8 Å². The fraction of sp³-hybridized carbons (Fsp3) is 0.0476. The summed E-state index contributed by atoms with van der Waals surface area (Å²) in [4.78, 5) is 2.36. The van der Waals surface area contributed by atoms with E-state index in [1.807, 2.05) is 97.1 Å². The van der Waals surface area contributed by atoms with Crippen LogP contribution in [0.4, 0.5) is 25.8 Å². The van der Waals surface area contributed by atoms with Crippen LogP contribution in [0.1, 0.15) is 62.9 Å². The molecule has 0 amide bonds. The lowest BCUT2D eigenvalue weighted by Gasteiger charge is -2.36. The van der Waals surface area contributed by atoms with Gasteiger partial charge >= 0.3 is 0 Å². The third-order valence-corrected chi connectivity index (χ3v) is 18.5. The van der Waals surface area contributed by atoms with E-state index in [0.29, 0.717) is 11.5 Å². The summed E-state index contributed by atoms with van der Waals surface area (Å²) < 4.78 is 50.1. The van der Waals surface area contributed by atoms with Gasteiger partial charge < -0.3 is 18.8 Å². The average molecular weight is 1170 g/mol. The lowest BCUT2D eigenvalue weighted by atomic mass is 9.67. The summed E-state index contributed by atoms with van der Waals surface area (Å²) >= 11 is 0. The number of fused-ring (bicyclic) bond motifs is 9. The summed E-state index contributed by atoms with van der Waals surface area (Å²) in [6.07, 6.45) is 9.45. The molecule has 0 fully saturated rings. The molecule has 0 N–H and O–H groups in total. The summed E-state index contributed by atoms with van der Waals surface area (Å²) in [6, 6.07) is 92.8. The normalized spacial score (nSPS) is 16.1. The third kappa shape index (κ3) is 8.85. The van der Waals surface area contributed by atoms with Crippen molar-refractivity contribution in [3.8, 4) is 50.6 Å². The van der Waals surface area contributed by atoms with Crippen LogP contribution < -0.4 is 14.4 Å². The minimum Gasteiger partial charge on any atom is -0.462 e. The van der Waals surface area contributed by atoms with Crippen LogP contribution in [0.5, 0.6) is 17.2 Å². The Labute approximate surface area is 521 Å². The largest absolute Gasteiger partial charge is 0.462 e. The SMILES string of the molecule is C=CC1=CC=C(Oc2ccc(C3(c4ccc(F)cc4)c4ccccc4-c4ccc(N(c5cccc(-c6ccc7oc8ccccc8c7c6)c5)c5ccc6c(c5)C(c5ccc(F)cc5)(c5ccc(Oc7ccc(C=C)cc7)cc5)c5ccccc5-6)cc43)cc2)CC1. The molecule has 3 aliphatic rings. The first-order chi connectivity index (χ1) is 44.3. The zero-order valence-electron chi connectivity index (χ0n) is 49.0. The van der Waals surface area contributed by atoms with Gasteiger partial charge in [-0.2, -0.15) is 0 Å². The zero-order valence-corrected chi connectivity index (χ0v) is 49.0. The van der Waals surface area contributed by atoms with Crippen molar-refractivity contribution < 1.29 is 22.7 Å². The smallest absolute Gasteiger partial charge is 0.135 e. The molecule has 0 saturated carbocycles. The average Bonchev–Trinajstić information content (AvgIpc) is 1.53. The number of ether oxygens (including phenoxy) is 2. The maximum absolute atomic E-state index is 15.4. The van der Waals surface area contributed by atoms with Gasteiger partial charge in [-0.3, -0.25) is 0 Å². The highest BCUT2D eigenvalue weighted by Gasteiger charge is 2.48. The van der Waals surface area contributed by atoms with Crippen LogP contribution in [-0.2, 0) is 10.8 Å². The highest BCUT2D eigenvalue weighted by molar-refractivity contribution is 6.06. The second-order valence-electron chi connectivity index (χ2n) is 23.4. The fourth-order valence-electron chi connectivity index (χ4n) is 14.4. The lowest BCUT2D eigenvalue weighted by molar-refractivity contribution is 0.401. The van der Waals surface area contributed by atoms with Crippen molar-refractivity contribution >= 4 is 45.1 Å². The minimum atomic E-state index is -0.915. The van der Waals surface area contributed by atoms with Crippen molar-refractivity contribution in [3.05, 3.63) is 377 Å². The summed E-state index contributed by atoms with van der Waals surface area (Å²) in [5.41, 5.74) is 19.3. The lowest BCUT2D eigenvalue weighted by Crippen LogP contribution is -2.29. The van der Waals surface area contributed by atoms with Gasteiger partial charge in [-0.05, 0) is 217 Å². The monoisotopic (exact) mass is 1170 g/mol. The Morgan fingerprint density at radius 3 is 1.42 bits per heavy atom.